The maximum Gasteiger partial charge on any atom is 0.240 e. The Labute approximate surface area is 126 Å². The van der Waals surface area contributed by atoms with Crippen LogP contribution in [-0.4, -0.2) is 40.4 Å². The molecule has 120 valence electrons. The molecule has 1 atom stereocenters. The maximum atomic E-state index is 12.4. The van der Waals surface area contributed by atoms with E-state index in [1.165, 1.54) is 32.4 Å². The summed E-state index contributed by atoms with van der Waals surface area (Å²) in [6.07, 6.45) is 1.54. The molecular weight excluding hydrogens is 294 g/mol. The predicted octanol–water partition coefficient (Wildman–Crippen LogP) is 1.28. The summed E-state index contributed by atoms with van der Waals surface area (Å²) in [6.45, 7) is 2.01. The van der Waals surface area contributed by atoms with Crippen LogP contribution in [0.2, 0.25) is 0 Å². The molecule has 1 unspecified atom stereocenters. The highest BCUT2D eigenvalue weighted by Crippen LogP contribution is 2.22. The van der Waals surface area contributed by atoms with Crippen molar-refractivity contribution in [2.24, 2.45) is 0 Å². The quantitative estimate of drug-likeness (QED) is 0.717. The minimum atomic E-state index is -3.66. The van der Waals surface area contributed by atoms with Crippen LogP contribution in [0.4, 0.5) is 0 Å². The Bertz CT molecular complexity index is 538. The van der Waals surface area contributed by atoms with Gasteiger partial charge in [-0.3, -0.25) is 0 Å². The smallest absolute Gasteiger partial charge is 0.240 e. The monoisotopic (exact) mass is 317 g/mol. The second-order valence-corrected chi connectivity index (χ2v) is 6.41. The number of methoxy groups -OCH3 is 2. The van der Waals surface area contributed by atoms with Crippen molar-refractivity contribution in [3.63, 3.8) is 0 Å². The zero-order chi connectivity index (χ0) is 15.9. The molecule has 0 bridgehead atoms. The minimum Gasteiger partial charge on any atom is -0.496 e. The van der Waals surface area contributed by atoms with E-state index in [0.29, 0.717) is 24.3 Å². The van der Waals surface area contributed by atoms with Gasteiger partial charge in [0, 0.05) is 18.7 Å². The van der Waals surface area contributed by atoms with E-state index in [2.05, 4.69) is 4.72 Å². The number of rotatable bonds is 9. The van der Waals surface area contributed by atoms with Crippen LogP contribution in [0.15, 0.2) is 23.1 Å². The van der Waals surface area contributed by atoms with Crippen LogP contribution < -0.4 is 9.46 Å². The number of ether oxygens (including phenoxy) is 2. The Balaban J connectivity index is 3.01. The average Bonchev–Trinajstić information content (AvgIpc) is 2.46. The fourth-order valence-electron chi connectivity index (χ4n) is 2.06. The number of sulfonamides is 1. The molecule has 2 N–H and O–H groups in total. The van der Waals surface area contributed by atoms with E-state index in [4.69, 9.17) is 9.47 Å². The fraction of sp³-hybridized carbons (Fsp3) is 0.571. The largest absolute Gasteiger partial charge is 0.496 e. The zero-order valence-electron chi connectivity index (χ0n) is 12.6. The van der Waals surface area contributed by atoms with Crippen LogP contribution in [0, 0.1) is 0 Å². The second-order valence-electron chi connectivity index (χ2n) is 4.69. The third-order valence-electron chi connectivity index (χ3n) is 3.06. The molecule has 0 aliphatic rings. The van der Waals surface area contributed by atoms with Crippen LogP contribution in [0.5, 0.6) is 5.75 Å². The van der Waals surface area contributed by atoms with Crippen molar-refractivity contribution in [2.75, 3.05) is 20.8 Å². The summed E-state index contributed by atoms with van der Waals surface area (Å²) >= 11 is 0. The summed E-state index contributed by atoms with van der Waals surface area (Å²) in [5.41, 5.74) is 0.430. The number of benzene rings is 1. The molecular formula is C14H23NO5S. The lowest BCUT2D eigenvalue weighted by Crippen LogP contribution is -2.37. The molecule has 0 spiro atoms. The number of nitrogens with one attached hydrogen (secondary N) is 1. The summed E-state index contributed by atoms with van der Waals surface area (Å²) in [6, 6.07) is 4.13. The van der Waals surface area contributed by atoms with E-state index in [1.54, 1.807) is 0 Å². The Morgan fingerprint density at radius 3 is 2.57 bits per heavy atom. The van der Waals surface area contributed by atoms with Crippen molar-refractivity contribution in [3.05, 3.63) is 23.8 Å². The van der Waals surface area contributed by atoms with Gasteiger partial charge >= 0.3 is 0 Å². The fourth-order valence-corrected chi connectivity index (χ4v) is 3.36. The summed E-state index contributed by atoms with van der Waals surface area (Å²) in [5, 5.41) is 9.27. The zero-order valence-corrected chi connectivity index (χ0v) is 13.4. The first-order valence-electron chi connectivity index (χ1n) is 6.77. The molecule has 0 aliphatic heterocycles. The molecule has 1 aromatic rings. The van der Waals surface area contributed by atoms with Gasteiger partial charge in [-0.25, -0.2) is 13.1 Å². The third kappa shape index (κ3) is 4.96. The van der Waals surface area contributed by atoms with E-state index < -0.39 is 10.0 Å². The first kappa shape index (κ1) is 17.9. The molecule has 0 fully saturated rings. The van der Waals surface area contributed by atoms with Gasteiger partial charge in [-0.05, 0) is 24.6 Å². The number of aliphatic hydroxyl groups is 1. The van der Waals surface area contributed by atoms with E-state index in [0.717, 1.165) is 6.42 Å². The molecule has 0 amide bonds. The van der Waals surface area contributed by atoms with Crippen molar-refractivity contribution in [3.8, 4) is 5.75 Å². The lowest BCUT2D eigenvalue weighted by molar-refractivity contribution is 0.171. The molecule has 0 saturated carbocycles. The van der Waals surface area contributed by atoms with Crippen molar-refractivity contribution < 1.29 is 23.0 Å². The molecule has 0 heterocycles. The molecule has 1 aromatic carbocycles. The molecule has 0 aromatic heterocycles. The van der Waals surface area contributed by atoms with Crippen LogP contribution in [-0.2, 0) is 21.4 Å². The lowest BCUT2D eigenvalue weighted by Gasteiger charge is -2.18. The van der Waals surface area contributed by atoms with E-state index in [-0.39, 0.29) is 17.5 Å². The molecule has 0 saturated heterocycles. The molecule has 0 radical (unpaired) electrons. The van der Waals surface area contributed by atoms with Gasteiger partial charge in [-0.1, -0.05) is 13.3 Å². The number of hydrogen-bond acceptors (Lipinski definition) is 5. The molecule has 1 rings (SSSR count). The maximum absolute atomic E-state index is 12.4. The Kier molecular flexibility index (Phi) is 7.10. The Hall–Kier alpha value is -1.15. The van der Waals surface area contributed by atoms with Gasteiger partial charge in [0.15, 0.2) is 0 Å². The van der Waals surface area contributed by atoms with Gasteiger partial charge in [-0.15, -0.1) is 0 Å². The van der Waals surface area contributed by atoms with Crippen LogP contribution in [0.1, 0.15) is 25.3 Å². The van der Waals surface area contributed by atoms with Gasteiger partial charge in [-0.2, -0.15) is 0 Å². The van der Waals surface area contributed by atoms with Crippen LogP contribution in [0.25, 0.3) is 0 Å². The van der Waals surface area contributed by atoms with Crippen LogP contribution in [0.3, 0.4) is 0 Å². The summed E-state index contributed by atoms with van der Waals surface area (Å²) in [4.78, 5) is 0.101. The first-order valence-corrected chi connectivity index (χ1v) is 8.25. The topological polar surface area (TPSA) is 84.9 Å². The van der Waals surface area contributed by atoms with Crippen molar-refractivity contribution in [2.45, 2.75) is 37.3 Å². The molecule has 7 heteroatoms. The Morgan fingerprint density at radius 2 is 2.05 bits per heavy atom. The highest BCUT2D eigenvalue weighted by molar-refractivity contribution is 7.89. The van der Waals surface area contributed by atoms with Gasteiger partial charge in [0.2, 0.25) is 10.0 Å². The number of aliphatic hydroxyl groups excluding tert-OH is 1. The van der Waals surface area contributed by atoms with Gasteiger partial charge < -0.3 is 14.6 Å². The first-order chi connectivity index (χ1) is 9.98. The lowest BCUT2D eigenvalue weighted by atomic mass is 10.2. The van der Waals surface area contributed by atoms with Gasteiger partial charge in [0.05, 0.1) is 25.2 Å². The Morgan fingerprint density at radius 1 is 1.33 bits per heavy atom. The number of hydrogen-bond donors (Lipinski definition) is 2. The van der Waals surface area contributed by atoms with E-state index >= 15 is 0 Å². The van der Waals surface area contributed by atoms with E-state index in [1.807, 2.05) is 6.92 Å². The summed E-state index contributed by atoms with van der Waals surface area (Å²) < 4.78 is 37.5. The second kappa shape index (κ2) is 8.33. The third-order valence-corrected chi connectivity index (χ3v) is 4.58. The highest BCUT2D eigenvalue weighted by Gasteiger charge is 2.20. The van der Waals surface area contributed by atoms with E-state index in [9.17, 15) is 13.5 Å². The van der Waals surface area contributed by atoms with Crippen LogP contribution >= 0.6 is 0 Å². The summed E-state index contributed by atoms with van der Waals surface area (Å²) in [7, 11) is -0.653. The summed E-state index contributed by atoms with van der Waals surface area (Å²) in [5.74, 6) is 0.457. The van der Waals surface area contributed by atoms with Crippen molar-refractivity contribution >= 4 is 10.0 Å². The molecule has 0 aliphatic carbocycles. The van der Waals surface area contributed by atoms with Gasteiger partial charge in [0.25, 0.3) is 0 Å². The average molecular weight is 317 g/mol. The van der Waals surface area contributed by atoms with Crippen molar-refractivity contribution in [1.29, 1.82) is 0 Å². The molecule has 6 nitrogen and oxygen atoms in total. The standard InChI is InChI=1S/C14H23NO5S/c1-4-5-12(10-19-2)15-21(17,18)13-6-7-14(20-3)11(8-13)9-16/h6-8,12,15-16H,4-5,9-10H2,1-3H3. The normalized spacial score (nSPS) is 13.1. The minimum absolute atomic E-state index is 0.101. The highest BCUT2D eigenvalue weighted by atomic mass is 32.2. The van der Waals surface area contributed by atoms with Crippen molar-refractivity contribution in [1.82, 2.24) is 4.72 Å². The predicted molar refractivity (Wildman–Crippen MR) is 79.8 cm³/mol. The molecule has 21 heavy (non-hydrogen) atoms. The SMILES string of the molecule is CCCC(COC)NS(=O)(=O)c1ccc(OC)c(CO)c1. The van der Waals surface area contributed by atoms with Gasteiger partial charge in [0.1, 0.15) is 5.75 Å².